The summed E-state index contributed by atoms with van der Waals surface area (Å²) in [7, 11) is -1.44. The molecule has 0 saturated carbocycles. The first-order chi connectivity index (χ1) is 12.4. The van der Waals surface area contributed by atoms with E-state index in [1.54, 1.807) is 18.3 Å². The highest BCUT2D eigenvalue weighted by Gasteiger charge is 2.22. The number of benzene rings is 2. The summed E-state index contributed by atoms with van der Waals surface area (Å²) in [5.41, 5.74) is 3.05. The predicted molar refractivity (Wildman–Crippen MR) is 105 cm³/mol. The fourth-order valence-electron chi connectivity index (χ4n) is 3.75. The van der Waals surface area contributed by atoms with Gasteiger partial charge in [0.2, 0.25) is 0 Å². The molecule has 0 amide bonds. The first-order valence-corrected chi connectivity index (χ1v) is 10.5. The summed E-state index contributed by atoms with van der Waals surface area (Å²) in [5.74, 6) is 0.501. The van der Waals surface area contributed by atoms with Gasteiger partial charge in [0.05, 0.1) is 10.4 Å². The van der Waals surface area contributed by atoms with Crippen molar-refractivity contribution in [2.45, 2.75) is 30.6 Å². The summed E-state index contributed by atoms with van der Waals surface area (Å²) in [4.78, 5) is 2.67. The van der Waals surface area contributed by atoms with Gasteiger partial charge in [0.15, 0.2) is 0 Å². The second kappa shape index (κ2) is 6.56. The standard InChI is InChI=1S/C21H24N2O2S/c1-16-3-7-20(8-4-16)26(24,25)23-14-11-18-5-6-19(15-21(18)23)17-9-12-22(2)13-10-17/h3-8,11,14-15,17H,9-10,12-13H2,1-2H3. The zero-order valence-electron chi connectivity index (χ0n) is 15.2. The maximum atomic E-state index is 13.1. The number of hydrogen-bond donors (Lipinski definition) is 0. The lowest BCUT2D eigenvalue weighted by Crippen LogP contribution is -2.29. The minimum absolute atomic E-state index is 0.324. The molecule has 1 aliphatic rings. The molecule has 1 fully saturated rings. The highest BCUT2D eigenvalue weighted by molar-refractivity contribution is 7.90. The van der Waals surface area contributed by atoms with Gasteiger partial charge < -0.3 is 4.90 Å². The van der Waals surface area contributed by atoms with Gasteiger partial charge >= 0.3 is 0 Å². The minimum atomic E-state index is -3.59. The summed E-state index contributed by atoms with van der Waals surface area (Å²) in [6.45, 7) is 4.13. The van der Waals surface area contributed by atoms with Crippen LogP contribution in [0.4, 0.5) is 0 Å². The number of piperidine rings is 1. The Kier molecular flexibility index (Phi) is 4.37. The lowest BCUT2D eigenvalue weighted by molar-refractivity contribution is 0.255. The molecule has 0 atom stereocenters. The van der Waals surface area contributed by atoms with Gasteiger partial charge in [-0.15, -0.1) is 0 Å². The molecular formula is C21H24N2O2S. The van der Waals surface area contributed by atoms with E-state index in [-0.39, 0.29) is 0 Å². The second-order valence-corrected chi connectivity index (χ2v) is 9.14. The van der Waals surface area contributed by atoms with Crippen LogP contribution in [0.1, 0.15) is 29.9 Å². The van der Waals surface area contributed by atoms with E-state index >= 15 is 0 Å². The summed E-state index contributed by atoms with van der Waals surface area (Å²) < 4.78 is 27.6. The number of aromatic nitrogens is 1. The van der Waals surface area contributed by atoms with E-state index in [9.17, 15) is 8.42 Å². The van der Waals surface area contributed by atoms with Gasteiger partial charge in [-0.3, -0.25) is 0 Å². The first-order valence-electron chi connectivity index (χ1n) is 9.07. The fraction of sp³-hybridized carbons (Fsp3) is 0.333. The van der Waals surface area contributed by atoms with Crippen LogP contribution in [0, 0.1) is 6.92 Å². The van der Waals surface area contributed by atoms with Crippen LogP contribution in [-0.4, -0.2) is 37.4 Å². The van der Waals surface area contributed by atoms with Gasteiger partial charge in [-0.25, -0.2) is 12.4 Å². The van der Waals surface area contributed by atoms with Gasteiger partial charge in [0, 0.05) is 11.6 Å². The van der Waals surface area contributed by atoms with Crippen LogP contribution in [0.5, 0.6) is 0 Å². The highest BCUT2D eigenvalue weighted by Crippen LogP contribution is 2.31. The molecule has 5 heteroatoms. The smallest absolute Gasteiger partial charge is 0.268 e. The quantitative estimate of drug-likeness (QED) is 0.702. The van der Waals surface area contributed by atoms with Gasteiger partial charge in [0.25, 0.3) is 10.0 Å². The fourth-order valence-corrected chi connectivity index (χ4v) is 5.10. The number of aryl methyl sites for hydroxylation is 1. The predicted octanol–water partition coefficient (Wildman–Crippen LogP) is 4.00. The maximum absolute atomic E-state index is 13.1. The minimum Gasteiger partial charge on any atom is -0.306 e. The van der Waals surface area contributed by atoms with Crippen molar-refractivity contribution in [1.82, 2.24) is 8.87 Å². The molecule has 1 aliphatic heterocycles. The first kappa shape index (κ1) is 17.3. The van der Waals surface area contributed by atoms with Crippen LogP contribution >= 0.6 is 0 Å². The van der Waals surface area contributed by atoms with Crippen molar-refractivity contribution in [2.75, 3.05) is 20.1 Å². The Morgan fingerprint density at radius 3 is 2.35 bits per heavy atom. The van der Waals surface area contributed by atoms with E-state index in [0.717, 1.165) is 42.4 Å². The van der Waals surface area contributed by atoms with Gasteiger partial charge in [-0.05, 0) is 75.6 Å². The van der Waals surface area contributed by atoms with Crippen LogP contribution in [0.25, 0.3) is 10.9 Å². The Morgan fingerprint density at radius 2 is 1.65 bits per heavy atom. The molecule has 0 spiro atoms. The van der Waals surface area contributed by atoms with Crippen LogP contribution in [0.2, 0.25) is 0 Å². The van der Waals surface area contributed by atoms with Crippen LogP contribution in [-0.2, 0) is 10.0 Å². The molecule has 1 saturated heterocycles. The summed E-state index contributed by atoms with van der Waals surface area (Å²) in [6.07, 6.45) is 3.90. The van der Waals surface area contributed by atoms with E-state index in [0.29, 0.717) is 10.8 Å². The monoisotopic (exact) mass is 368 g/mol. The molecule has 3 aromatic rings. The largest absolute Gasteiger partial charge is 0.306 e. The molecule has 4 nitrogen and oxygen atoms in total. The molecule has 0 unspecified atom stereocenters. The average Bonchev–Trinajstić information content (AvgIpc) is 3.06. The third-order valence-corrected chi connectivity index (χ3v) is 7.15. The van der Waals surface area contributed by atoms with E-state index in [2.05, 4.69) is 24.1 Å². The highest BCUT2D eigenvalue weighted by atomic mass is 32.2. The van der Waals surface area contributed by atoms with Crippen molar-refractivity contribution >= 4 is 20.9 Å². The Balaban J connectivity index is 1.76. The lowest BCUT2D eigenvalue weighted by atomic mass is 9.89. The topological polar surface area (TPSA) is 42.3 Å². The Morgan fingerprint density at radius 1 is 0.962 bits per heavy atom. The van der Waals surface area contributed by atoms with E-state index in [1.807, 2.05) is 31.2 Å². The van der Waals surface area contributed by atoms with Crippen LogP contribution in [0.3, 0.4) is 0 Å². The number of fused-ring (bicyclic) bond motifs is 1. The normalized spacial score (nSPS) is 17.0. The average molecular weight is 369 g/mol. The molecule has 0 N–H and O–H groups in total. The second-order valence-electron chi connectivity index (χ2n) is 7.33. The number of rotatable bonds is 3. The number of nitrogens with zero attached hydrogens (tertiary/aromatic N) is 2. The maximum Gasteiger partial charge on any atom is 0.268 e. The van der Waals surface area contributed by atoms with Crippen LogP contribution in [0.15, 0.2) is 59.6 Å². The third kappa shape index (κ3) is 3.06. The van der Waals surface area contributed by atoms with E-state index in [1.165, 1.54) is 9.54 Å². The molecule has 0 bridgehead atoms. The SMILES string of the molecule is Cc1ccc(S(=O)(=O)n2ccc3ccc(C4CCN(C)CC4)cc32)cc1. The molecule has 1 aromatic heterocycles. The Hall–Kier alpha value is -2.11. The third-order valence-electron chi connectivity index (χ3n) is 5.45. The zero-order valence-corrected chi connectivity index (χ0v) is 16.0. The molecule has 2 heterocycles. The Bertz CT molecular complexity index is 1030. The van der Waals surface area contributed by atoms with Crippen molar-refractivity contribution in [3.8, 4) is 0 Å². The zero-order chi connectivity index (χ0) is 18.3. The Labute approximate surface area is 155 Å². The van der Waals surface area contributed by atoms with Crippen molar-refractivity contribution in [3.05, 3.63) is 65.9 Å². The lowest BCUT2D eigenvalue weighted by Gasteiger charge is -2.29. The van der Waals surface area contributed by atoms with Crippen LogP contribution < -0.4 is 0 Å². The van der Waals surface area contributed by atoms with E-state index < -0.39 is 10.0 Å². The molecule has 0 aliphatic carbocycles. The molecule has 0 radical (unpaired) electrons. The van der Waals surface area contributed by atoms with Crippen molar-refractivity contribution in [3.63, 3.8) is 0 Å². The molecule has 26 heavy (non-hydrogen) atoms. The molecule has 2 aromatic carbocycles. The number of likely N-dealkylation sites (tertiary alicyclic amines) is 1. The van der Waals surface area contributed by atoms with Crippen molar-refractivity contribution < 1.29 is 8.42 Å². The van der Waals surface area contributed by atoms with Gasteiger partial charge in [0.1, 0.15) is 0 Å². The van der Waals surface area contributed by atoms with Gasteiger partial charge in [-0.1, -0.05) is 29.8 Å². The number of hydrogen-bond acceptors (Lipinski definition) is 3. The summed E-state index contributed by atoms with van der Waals surface area (Å²) in [6, 6.07) is 15.2. The molecule has 4 rings (SSSR count). The van der Waals surface area contributed by atoms with E-state index in [4.69, 9.17) is 0 Å². The van der Waals surface area contributed by atoms with Crippen molar-refractivity contribution in [1.29, 1.82) is 0 Å². The van der Waals surface area contributed by atoms with Crippen molar-refractivity contribution in [2.24, 2.45) is 0 Å². The summed E-state index contributed by atoms with van der Waals surface area (Å²) >= 11 is 0. The molecular weight excluding hydrogens is 344 g/mol. The van der Waals surface area contributed by atoms with Gasteiger partial charge in [-0.2, -0.15) is 0 Å². The summed E-state index contributed by atoms with van der Waals surface area (Å²) in [5, 5.41) is 0.956. The molecule has 136 valence electrons.